The molecule has 10 heteroatoms. The minimum atomic E-state index is -1.73. The first-order valence-electron chi connectivity index (χ1n) is 9.10. The molecule has 162 valence electrons. The van der Waals surface area contributed by atoms with E-state index in [-0.39, 0.29) is 12.0 Å². The number of alkyl carbamates (subject to hydrolysis) is 1. The zero-order valence-corrected chi connectivity index (χ0v) is 18.5. The summed E-state index contributed by atoms with van der Waals surface area (Å²) < 4.78 is 5.19. The van der Waals surface area contributed by atoms with Crippen LogP contribution < -0.4 is 11.2 Å². The highest BCUT2D eigenvalue weighted by Crippen LogP contribution is 2.15. The van der Waals surface area contributed by atoms with Crippen molar-refractivity contribution in [2.45, 2.75) is 51.9 Å². The quantitative estimate of drug-likeness (QED) is 0.243. The van der Waals surface area contributed by atoms with E-state index in [2.05, 4.69) is 5.32 Å². The van der Waals surface area contributed by atoms with Crippen LogP contribution in [0.15, 0.2) is 24.3 Å². The molecule has 0 aliphatic rings. The molecule has 3 amide bonds. The summed E-state index contributed by atoms with van der Waals surface area (Å²) in [6.07, 6.45) is -2.22. The number of nitrogens with one attached hydrogen (secondary N) is 1. The van der Waals surface area contributed by atoms with Crippen molar-refractivity contribution in [3.63, 3.8) is 0 Å². The predicted molar refractivity (Wildman–Crippen MR) is 114 cm³/mol. The average Bonchev–Trinajstić information content (AvgIpc) is 2.63. The predicted octanol–water partition coefficient (Wildman–Crippen LogP) is 2.58. The number of nitrogens with two attached hydrogens (primary N) is 1. The second-order valence-corrected chi connectivity index (χ2v) is 9.04. The molecule has 2 atom stereocenters. The van der Waals surface area contributed by atoms with Crippen LogP contribution in [-0.2, 0) is 9.53 Å². The van der Waals surface area contributed by atoms with Crippen LogP contribution in [0.2, 0.25) is 5.02 Å². The van der Waals surface area contributed by atoms with Gasteiger partial charge in [0, 0.05) is 10.6 Å². The SMILES string of the molecule is CCSCC[C@@H](NC(=O)OC(C)(C)C)[C@@H](O)C(=O)N(N)C(=O)c1cccc(Cl)c1. The lowest BCUT2D eigenvalue weighted by Crippen LogP contribution is -2.56. The fraction of sp³-hybridized carbons (Fsp3) is 0.526. The zero-order valence-electron chi connectivity index (χ0n) is 17.0. The third kappa shape index (κ3) is 8.61. The lowest BCUT2D eigenvalue weighted by atomic mass is 10.1. The monoisotopic (exact) mass is 445 g/mol. The Bertz CT molecular complexity index is 726. The lowest BCUT2D eigenvalue weighted by Gasteiger charge is -2.27. The van der Waals surface area contributed by atoms with Crippen LogP contribution in [0.25, 0.3) is 0 Å². The number of rotatable bonds is 8. The van der Waals surface area contributed by atoms with Crippen molar-refractivity contribution < 1.29 is 24.2 Å². The van der Waals surface area contributed by atoms with Crippen molar-refractivity contribution in [1.82, 2.24) is 10.3 Å². The summed E-state index contributed by atoms with van der Waals surface area (Å²) in [5, 5.41) is 13.6. The normalized spacial score (nSPS) is 13.3. The van der Waals surface area contributed by atoms with Crippen LogP contribution in [0.5, 0.6) is 0 Å². The molecule has 1 rings (SSSR count). The number of amides is 3. The van der Waals surface area contributed by atoms with Gasteiger partial charge in [0.25, 0.3) is 11.8 Å². The zero-order chi connectivity index (χ0) is 22.2. The Hall–Kier alpha value is -1.81. The third-order valence-electron chi connectivity index (χ3n) is 3.64. The van der Waals surface area contributed by atoms with E-state index < -0.39 is 35.7 Å². The molecule has 0 saturated heterocycles. The van der Waals surface area contributed by atoms with Crippen molar-refractivity contribution in [3.8, 4) is 0 Å². The molecular formula is C19H28ClN3O5S. The first-order valence-corrected chi connectivity index (χ1v) is 10.6. The van der Waals surface area contributed by atoms with Gasteiger partial charge in [0.1, 0.15) is 5.60 Å². The van der Waals surface area contributed by atoms with Gasteiger partial charge in [-0.15, -0.1) is 0 Å². The molecule has 0 unspecified atom stereocenters. The van der Waals surface area contributed by atoms with Gasteiger partial charge < -0.3 is 15.2 Å². The maximum absolute atomic E-state index is 12.6. The van der Waals surface area contributed by atoms with Crippen molar-refractivity contribution >= 4 is 41.3 Å². The molecule has 0 aliphatic carbocycles. The topological polar surface area (TPSA) is 122 Å². The molecule has 0 spiro atoms. The molecule has 0 saturated carbocycles. The smallest absolute Gasteiger partial charge is 0.407 e. The van der Waals surface area contributed by atoms with E-state index in [4.69, 9.17) is 22.2 Å². The number of nitrogens with zero attached hydrogens (tertiary/aromatic N) is 1. The van der Waals surface area contributed by atoms with Crippen molar-refractivity contribution in [2.75, 3.05) is 11.5 Å². The van der Waals surface area contributed by atoms with E-state index in [1.54, 1.807) is 44.7 Å². The summed E-state index contributed by atoms with van der Waals surface area (Å²) in [5.74, 6) is 5.19. The second-order valence-electron chi connectivity index (χ2n) is 7.21. The average molecular weight is 446 g/mol. The number of hydrazine groups is 1. The molecule has 1 aromatic carbocycles. The number of aliphatic hydroxyl groups is 1. The molecule has 0 aromatic heterocycles. The molecule has 0 aliphatic heterocycles. The van der Waals surface area contributed by atoms with Gasteiger partial charge in [-0.2, -0.15) is 11.8 Å². The number of hydrogen-bond acceptors (Lipinski definition) is 7. The maximum atomic E-state index is 12.6. The van der Waals surface area contributed by atoms with Crippen LogP contribution in [0.4, 0.5) is 4.79 Å². The number of ether oxygens (including phenoxy) is 1. The Morgan fingerprint density at radius 1 is 1.34 bits per heavy atom. The summed E-state index contributed by atoms with van der Waals surface area (Å²) in [4.78, 5) is 37.1. The summed E-state index contributed by atoms with van der Waals surface area (Å²) in [5.41, 5.74) is -0.650. The number of carbonyl (C=O) groups excluding carboxylic acids is 3. The maximum Gasteiger partial charge on any atom is 0.407 e. The van der Waals surface area contributed by atoms with E-state index in [1.807, 2.05) is 6.92 Å². The third-order valence-corrected chi connectivity index (χ3v) is 4.81. The fourth-order valence-corrected chi connectivity index (χ4v) is 3.20. The number of aliphatic hydroxyl groups excluding tert-OH is 1. The van der Waals surface area contributed by atoms with Crippen LogP contribution in [0, 0.1) is 0 Å². The van der Waals surface area contributed by atoms with Crippen LogP contribution in [0.3, 0.4) is 0 Å². The molecule has 29 heavy (non-hydrogen) atoms. The molecule has 0 radical (unpaired) electrons. The standard InChI is InChI=1S/C19H28ClN3O5S/c1-5-29-10-9-14(22-18(27)28-19(2,3)4)15(24)17(26)23(21)16(25)12-7-6-8-13(20)11-12/h6-8,11,14-15,24H,5,9-10,21H2,1-4H3,(H,22,27)/t14-,15-/m1/s1. The number of imide groups is 1. The number of carbonyl (C=O) groups is 3. The van der Waals surface area contributed by atoms with Gasteiger partial charge in [0.15, 0.2) is 6.10 Å². The Morgan fingerprint density at radius 3 is 2.55 bits per heavy atom. The highest BCUT2D eigenvalue weighted by molar-refractivity contribution is 7.99. The van der Waals surface area contributed by atoms with E-state index in [1.165, 1.54) is 12.1 Å². The molecule has 0 fully saturated rings. The summed E-state index contributed by atoms with van der Waals surface area (Å²) in [7, 11) is 0. The Balaban J connectivity index is 2.91. The van der Waals surface area contributed by atoms with Gasteiger partial charge in [-0.25, -0.2) is 15.6 Å². The van der Waals surface area contributed by atoms with E-state index in [9.17, 15) is 19.5 Å². The van der Waals surface area contributed by atoms with Gasteiger partial charge in [0.05, 0.1) is 6.04 Å². The minimum Gasteiger partial charge on any atom is -0.444 e. The summed E-state index contributed by atoms with van der Waals surface area (Å²) in [6.45, 7) is 7.05. The molecule has 8 nitrogen and oxygen atoms in total. The first-order chi connectivity index (χ1) is 13.5. The van der Waals surface area contributed by atoms with Crippen molar-refractivity contribution in [2.24, 2.45) is 5.84 Å². The molecular weight excluding hydrogens is 418 g/mol. The van der Waals surface area contributed by atoms with Crippen molar-refractivity contribution in [1.29, 1.82) is 0 Å². The van der Waals surface area contributed by atoms with Crippen LogP contribution >= 0.6 is 23.4 Å². The number of halogens is 1. The Kier molecular flexibility index (Phi) is 9.91. The van der Waals surface area contributed by atoms with Gasteiger partial charge in [-0.3, -0.25) is 9.59 Å². The number of hydrogen-bond donors (Lipinski definition) is 3. The molecule has 0 heterocycles. The first kappa shape index (κ1) is 25.2. The second kappa shape index (κ2) is 11.4. The molecule has 0 bridgehead atoms. The Labute approximate surface area is 180 Å². The number of thioether (sulfide) groups is 1. The Morgan fingerprint density at radius 2 is 2.00 bits per heavy atom. The fourth-order valence-electron chi connectivity index (χ4n) is 2.30. The lowest BCUT2D eigenvalue weighted by molar-refractivity contribution is -0.139. The molecule has 1 aromatic rings. The largest absolute Gasteiger partial charge is 0.444 e. The van der Waals surface area contributed by atoms with E-state index >= 15 is 0 Å². The van der Waals surface area contributed by atoms with E-state index in [0.717, 1.165) is 5.75 Å². The van der Waals surface area contributed by atoms with Crippen LogP contribution in [-0.4, -0.2) is 57.3 Å². The highest BCUT2D eigenvalue weighted by atomic mass is 35.5. The van der Waals surface area contributed by atoms with Gasteiger partial charge >= 0.3 is 6.09 Å². The van der Waals surface area contributed by atoms with Gasteiger partial charge in [-0.05, 0) is 56.9 Å². The molecule has 4 N–H and O–H groups in total. The van der Waals surface area contributed by atoms with Crippen LogP contribution in [0.1, 0.15) is 44.5 Å². The van der Waals surface area contributed by atoms with Gasteiger partial charge in [-0.1, -0.05) is 24.6 Å². The van der Waals surface area contributed by atoms with Crippen molar-refractivity contribution in [3.05, 3.63) is 34.9 Å². The van der Waals surface area contributed by atoms with E-state index in [0.29, 0.717) is 15.8 Å². The summed E-state index contributed by atoms with van der Waals surface area (Å²) >= 11 is 7.44. The van der Waals surface area contributed by atoms with Gasteiger partial charge in [0.2, 0.25) is 0 Å². The minimum absolute atomic E-state index is 0.0961. The highest BCUT2D eigenvalue weighted by Gasteiger charge is 2.34. The summed E-state index contributed by atoms with van der Waals surface area (Å²) in [6, 6.07) is 4.94. The number of benzene rings is 1.